The molecule has 0 fully saturated rings. The van der Waals surface area contributed by atoms with Crippen LogP contribution in [0, 0.1) is 0 Å². The smallest absolute Gasteiger partial charge is 0.310 e. The van der Waals surface area contributed by atoms with Crippen molar-refractivity contribution in [1.82, 2.24) is 4.90 Å². The maximum Gasteiger partial charge on any atom is 0.310 e. The first-order valence-corrected chi connectivity index (χ1v) is 7.30. The van der Waals surface area contributed by atoms with Crippen LogP contribution in [0.3, 0.4) is 0 Å². The molecule has 0 aliphatic rings. The molecule has 0 spiro atoms. The van der Waals surface area contributed by atoms with Crippen LogP contribution in [-0.4, -0.2) is 35.2 Å². The number of nitrogens with one attached hydrogen (secondary N) is 1. The Labute approximate surface area is 132 Å². The van der Waals surface area contributed by atoms with Gasteiger partial charge in [0.15, 0.2) is 5.11 Å². The second kappa shape index (κ2) is 6.43. The van der Waals surface area contributed by atoms with Gasteiger partial charge < -0.3 is 15.3 Å². The molecule has 1 aromatic carbocycles. The first-order valence-electron chi connectivity index (χ1n) is 6.89. The summed E-state index contributed by atoms with van der Waals surface area (Å²) in [5.41, 5.74) is 2.62. The van der Waals surface area contributed by atoms with Crippen molar-refractivity contribution >= 4 is 29.0 Å². The van der Waals surface area contributed by atoms with Crippen molar-refractivity contribution < 1.29 is 9.90 Å². The number of carboxylic acid groups (broad SMARTS) is 1. The molecule has 5 heteroatoms. The van der Waals surface area contributed by atoms with Crippen LogP contribution >= 0.6 is 12.2 Å². The third-order valence-corrected chi connectivity index (χ3v) is 3.87. The highest BCUT2D eigenvalue weighted by Gasteiger charge is 2.21. The van der Waals surface area contributed by atoms with E-state index in [-0.39, 0.29) is 5.41 Å². The number of nitrogens with zero attached hydrogens (tertiary/aromatic N) is 1. The molecule has 1 rings (SSSR count). The Kier molecular flexibility index (Phi) is 5.34. The minimum absolute atomic E-state index is 0.0127. The van der Waals surface area contributed by atoms with Crippen molar-refractivity contribution in [2.24, 2.45) is 0 Å². The molecule has 0 aliphatic heterocycles. The highest BCUT2D eigenvalue weighted by molar-refractivity contribution is 7.80. The molecule has 0 aliphatic carbocycles. The fraction of sp³-hybridized carbons (Fsp3) is 0.500. The topological polar surface area (TPSA) is 52.6 Å². The van der Waals surface area contributed by atoms with Gasteiger partial charge in [0.25, 0.3) is 0 Å². The molecule has 116 valence electrons. The van der Waals surface area contributed by atoms with E-state index in [2.05, 4.69) is 26.1 Å². The number of rotatable bonds is 3. The van der Waals surface area contributed by atoms with Crippen molar-refractivity contribution in [2.75, 3.05) is 19.4 Å². The fourth-order valence-electron chi connectivity index (χ4n) is 1.87. The number of hydrogen-bond acceptors (Lipinski definition) is 2. The van der Waals surface area contributed by atoms with Crippen LogP contribution in [0.5, 0.6) is 0 Å². The van der Waals surface area contributed by atoms with E-state index in [9.17, 15) is 9.90 Å². The number of hydrogen-bond donors (Lipinski definition) is 2. The SMILES string of the molecule is CC(C(=O)O)c1ccc(C(C)(C)C)cc1NC(=S)N(C)C. The summed E-state index contributed by atoms with van der Waals surface area (Å²) in [5, 5.41) is 13.0. The normalized spacial score (nSPS) is 12.7. The summed E-state index contributed by atoms with van der Waals surface area (Å²) < 4.78 is 0. The lowest BCUT2D eigenvalue weighted by Crippen LogP contribution is -2.28. The van der Waals surface area contributed by atoms with Crippen molar-refractivity contribution in [2.45, 2.75) is 39.0 Å². The van der Waals surface area contributed by atoms with Gasteiger partial charge in [-0.3, -0.25) is 4.79 Å². The molecule has 0 bridgehead atoms. The van der Waals surface area contributed by atoms with E-state index in [4.69, 9.17) is 12.2 Å². The van der Waals surface area contributed by atoms with E-state index >= 15 is 0 Å². The highest BCUT2D eigenvalue weighted by Crippen LogP contribution is 2.31. The van der Waals surface area contributed by atoms with Crippen molar-refractivity contribution in [3.05, 3.63) is 29.3 Å². The van der Waals surface area contributed by atoms with Crippen LogP contribution in [0.4, 0.5) is 5.69 Å². The van der Waals surface area contributed by atoms with Crippen LogP contribution in [0.1, 0.15) is 44.7 Å². The lowest BCUT2D eigenvalue weighted by molar-refractivity contribution is -0.138. The highest BCUT2D eigenvalue weighted by atomic mass is 32.1. The largest absolute Gasteiger partial charge is 0.481 e. The number of anilines is 1. The van der Waals surface area contributed by atoms with E-state index in [0.29, 0.717) is 5.11 Å². The first-order chi connectivity index (χ1) is 9.54. The molecule has 0 heterocycles. The Morgan fingerprint density at radius 2 is 1.90 bits per heavy atom. The molecule has 1 unspecified atom stereocenters. The minimum atomic E-state index is -0.850. The Morgan fingerprint density at radius 3 is 2.33 bits per heavy atom. The second-order valence-electron chi connectivity index (χ2n) is 6.44. The van der Waals surface area contributed by atoms with Gasteiger partial charge >= 0.3 is 5.97 Å². The van der Waals surface area contributed by atoms with Gasteiger partial charge in [-0.15, -0.1) is 0 Å². The maximum absolute atomic E-state index is 11.3. The molecule has 0 saturated heterocycles. The number of aliphatic carboxylic acids is 1. The standard InChI is InChI=1S/C16H24N2O2S/c1-10(14(19)20)12-8-7-11(16(2,3)4)9-13(12)17-15(21)18(5)6/h7-10H,1-6H3,(H,17,21)(H,19,20). The summed E-state index contributed by atoms with van der Waals surface area (Å²) in [6.45, 7) is 8.04. The van der Waals surface area contributed by atoms with Gasteiger partial charge in [-0.25, -0.2) is 0 Å². The minimum Gasteiger partial charge on any atom is -0.481 e. The Bertz CT molecular complexity index is 548. The zero-order chi connectivity index (χ0) is 16.4. The molecule has 0 saturated carbocycles. The van der Waals surface area contributed by atoms with Crippen LogP contribution in [0.2, 0.25) is 0 Å². The van der Waals surface area contributed by atoms with Crippen LogP contribution < -0.4 is 5.32 Å². The summed E-state index contributed by atoms with van der Waals surface area (Å²) in [5.74, 6) is -1.44. The molecule has 1 aromatic rings. The first kappa shape index (κ1) is 17.4. The van der Waals surface area contributed by atoms with E-state index in [1.54, 1.807) is 11.8 Å². The van der Waals surface area contributed by atoms with E-state index in [0.717, 1.165) is 16.8 Å². The summed E-state index contributed by atoms with van der Waals surface area (Å²) in [6.07, 6.45) is 0. The second-order valence-corrected chi connectivity index (χ2v) is 6.82. The number of carboxylic acids is 1. The average molecular weight is 308 g/mol. The molecular formula is C16H24N2O2S. The Hall–Kier alpha value is -1.62. The number of thiocarbonyl (C=S) groups is 1. The third kappa shape index (κ3) is 4.43. The van der Waals surface area contributed by atoms with Gasteiger partial charge in [-0.05, 0) is 41.7 Å². The molecule has 1 atom stereocenters. The average Bonchev–Trinajstić information content (AvgIpc) is 2.36. The molecule has 21 heavy (non-hydrogen) atoms. The van der Waals surface area contributed by atoms with E-state index < -0.39 is 11.9 Å². The van der Waals surface area contributed by atoms with Crippen LogP contribution in [0.25, 0.3) is 0 Å². The summed E-state index contributed by atoms with van der Waals surface area (Å²) >= 11 is 5.28. The van der Waals surface area contributed by atoms with Crippen molar-refractivity contribution in [1.29, 1.82) is 0 Å². The summed E-state index contributed by atoms with van der Waals surface area (Å²) in [7, 11) is 3.70. The summed E-state index contributed by atoms with van der Waals surface area (Å²) in [4.78, 5) is 13.1. The predicted octanol–water partition coefficient (Wildman–Crippen LogP) is 3.43. The van der Waals surface area contributed by atoms with E-state index in [1.165, 1.54) is 0 Å². The molecule has 0 amide bonds. The molecule has 0 aromatic heterocycles. The summed E-state index contributed by atoms with van der Waals surface area (Å²) in [6, 6.07) is 5.85. The third-order valence-electron chi connectivity index (χ3n) is 3.40. The quantitative estimate of drug-likeness (QED) is 0.838. The molecule has 4 nitrogen and oxygen atoms in total. The van der Waals surface area contributed by atoms with Gasteiger partial charge in [0, 0.05) is 19.8 Å². The van der Waals surface area contributed by atoms with Gasteiger partial charge in [0.05, 0.1) is 5.92 Å². The number of carbonyl (C=O) groups is 1. The predicted molar refractivity (Wildman–Crippen MR) is 91.1 cm³/mol. The van der Waals surface area contributed by atoms with Gasteiger partial charge in [0.2, 0.25) is 0 Å². The number of benzene rings is 1. The fourth-order valence-corrected chi connectivity index (χ4v) is 1.98. The lowest BCUT2D eigenvalue weighted by atomic mass is 9.85. The van der Waals surface area contributed by atoms with Crippen molar-refractivity contribution in [3.63, 3.8) is 0 Å². The maximum atomic E-state index is 11.3. The van der Waals surface area contributed by atoms with Gasteiger partial charge in [-0.1, -0.05) is 32.9 Å². The van der Waals surface area contributed by atoms with Gasteiger partial charge in [0.1, 0.15) is 0 Å². The van der Waals surface area contributed by atoms with Crippen LogP contribution in [0.15, 0.2) is 18.2 Å². The van der Waals surface area contributed by atoms with Crippen LogP contribution in [-0.2, 0) is 10.2 Å². The Morgan fingerprint density at radius 1 is 1.33 bits per heavy atom. The Balaban J connectivity index is 3.31. The zero-order valence-corrected chi connectivity index (χ0v) is 14.3. The monoisotopic (exact) mass is 308 g/mol. The molecule has 2 N–H and O–H groups in total. The van der Waals surface area contributed by atoms with E-state index in [1.807, 2.05) is 32.3 Å². The molecular weight excluding hydrogens is 284 g/mol. The zero-order valence-electron chi connectivity index (χ0n) is 13.5. The molecule has 0 radical (unpaired) electrons. The van der Waals surface area contributed by atoms with Gasteiger partial charge in [-0.2, -0.15) is 0 Å². The van der Waals surface area contributed by atoms with Crippen molar-refractivity contribution in [3.8, 4) is 0 Å². The lowest BCUT2D eigenvalue weighted by Gasteiger charge is -2.24.